The maximum atomic E-state index is 12.7. The van der Waals surface area contributed by atoms with Crippen molar-refractivity contribution in [3.05, 3.63) is 23.8 Å². The van der Waals surface area contributed by atoms with Crippen LogP contribution in [0.4, 0.5) is 11.4 Å². The van der Waals surface area contributed by atoms with Gasteiger partial charge in [-0.15, -0.1) is 0 Å². The number of nitrogens with one attached hydrogen (secondary N) is 2. The van der Waals surface area contributed by atoms with Crippen LogP contribution in [-0.4, -0.2) is 37.0 Å². The van der Waals surface area contributed by atoms with E-state index in [1.54, 1.807) is 0 Å². The van der Waals surface area contributed by atoms with Gasteiger partial charge in [0.25, 0.3) is 5.91 Å². The highest BCUT2D eigenvalue weighted by Crippen LogP contribution is 2.31. The van der Waals surface area contributed by atoms with Gasteiger partial charge in [0.05, 0.1) is 16.9 Å². The monoisotopic (exact) mass is 259 g/mol. The number of rotatable bonds is 2. The number of para-hydroxylation sites is 1. The van der Waals surface area contributed by atoms with E-state index >= 15 is 0 Å². The molecule has 1 aromatic carbocycles. The fourth-order valence-corrected chi connectivity index (χ4v) is 3.10. The molecule has 0 spiro atoms. The lowest BCUT2D eigenvalue weighted by Gasteiger charge is -2.28. The van der Waals surface area contributed by atoms with Gasteiger partial charge in [-0.05, 0) is 25.0 Å². The largest absolute Gasteiger partial charge is 0.382 e. The number of hydrogen-bond acceptors (Lipinski definition) is 3. The van der Waals surface area contributed by atoms with E-state index in [4.69, 9.17) is 0 Å². The number of hydrogen-bond donors (Lipinski definition) is 2. The Morgan fingerprint density at radius 1 is 1.21 bits per heavy atom. The average molecular weight is 259 g/mol. The second-order valence-electron chi connectivity index (χ2n) is 5.44. The second kappa shape index (κ2) is 5.11. The maximum absolute atomic E-state index is 12.7. The van der Waals surface area contributed by atoms with Crippen LogP contribution in [0.15, 0.2) is 18.2 Å². The molecule has 19 heavy (non-hydrogen) atoms. The van der Waals surface area contributed by atoms with Gasteiger partial charge >= 0.3 is 0 Å². The highest BCUT2D eigenvalue weighted by molar-refractivity contribution is 6.02. The molecule has 0 unspecified atom stereocenters. The van der Waals surface area contributed by atoms with E-state index in [9.17, 15) is 4.79 Å². The predicted molar refractivity (Wildman–Crippen MR) is 77.8 cm³/mol. The smallest absolute Gasteiger partial charge is 0.256 e. The molecule has 2 aliphatic rings. The molecule has 4 nitrogen and oxygen atoms in total. The van der Waals surface area contributed by atoms with Gasteiger partial charge in [-0.25, -0.2) is 0 Å². The van der Waals surface area contributed by atoms with E-state index in [0.29, 0.717) is 6.04 Å². The van der Waals surface area contributed by atoms with Gasteiger partial charge in [-0.2, -0.15) is 0 Å². The lowest BCUT2D eigenvalue weighted by atomic mass is 10.1. The summed E-state index contributed by atoms with van der Waals surface area (Å²) < 4.78 is 0. The first-order chi connectivity index (χ1) is 9.27. The first kappa shape index (κ1) is 12.3. The molecule has 1 heterocycles. The van der Waals surface area contributed by atoms with Crippen molar-refractivity contribution in [2.75, 3.05) is 30.8 Å². The summed E-state index contributed by atoms with van der Waals surface area (Å²) in [4.78, 5) is 14.6. The van der Waals surface area contributed by atoms with Crippen molar-refractivity contribution in [3.63, 3.8) is 0 Å². The van der Waals surface area contributed by atoms with E-state index in [1.807, 2.05) is 30.1 Å². The highest BCUT2D eigenvalue weighted by atomic mass is 16.2. The van der Waals surface area contributed by atoms with E-state index in [-0.39, 0.29) is 5.91 Å². The van der Waals surface area contributed by atoms with Crippen LogP contribution in [0.1, 0.15) is 36.0 Å². The molecule has 0 aromatic heterocycles. The van der Waals surface area contributed by atoms with Crippen molar-refractivity contribution in [3.8, 4) is 0 Å². The van der Waals surface area contributed by atoms with E-state index in [0.717, 1.165) is 42.9 Å². The quantitative estimate of drug-likeness (QED) is 0.858. The van der Waals surface area contributed by atoms with Crippen molar-refractivity contribution in [1.29, 1.82) is 0 Å². The number of nitrogens with zero attached hydrogens (tertiary/aromatic N) is 1. The molecule has 102 valence electrons. The average Bonchev–Trinajstić information content (AvgIpc) is 2.99. The van der Waals surface area contributed by atoms with Gasteiger partial charge in [0.2, 0.25) is 0 Å². The van der Waals surface area contributed by atoms with Crippen molar-refractivity contribution in [1.82, 2.24) is 4.90 Å². The van der Waals surface area contributed by atoms with E-state index in [2.05, 4.69) is 10.6 Å². The molecule has 1 aliphatic heterocycles. The Bertz CT molecular complexity index is 480. The number of benzene rings is 1. The van der Waals surface area contributed by atoms with Crippen LogP contribution in [0.2, 0.25) is 0 Å². The molecule has 0 bridgehead atoms. The van der Waals surface area contributed by atoms with Gasteiger partial charge in [-0.1, -0.05) is 18.9 Å². The number of anilines is 2. The summed E-state index contributed by atoms with van der Waals surface area (Å²) in [6.45, 7) is 1.77. The fourth-order valence-electron chi connectivity index (χ4n) is 3.10. The van der Waals surface area contributed by atoms with Gasteiger partial charge in [-0.3, -0.25) is 4.79 Å². The molecule has 1 aliphatic carbocycles. The van der Waals surface area contributed by atoms with E-state index in [1.165, 1.54) is 12.8 Å². The lowest BCUT2D eigenvalue weighted by molar-refractivity contribution is 0.0736. The Labute approximate surface area is 114 Å². The summed E-state index contributed by atoms with van der Waals surface area (Å²) in [7, 11) is 1.94. The minimum absolute atomic E-state index is 0.139. The Kier molecular flexibility index (Phi) is 3.32. The summed E-state index contributed by atoms with van der Waals surface area (Å²) in [5.41, 5.74) is 2.79. The van der Waals surface area contributed by atoms with Gasteiger partial charge in [0, 0.05) is 26.2 Å². The molecule has 1 saturated carbocycles. The molecular weight excluding hydrogens is 238 g/mol. The van der Waals surface area contributed by atoms with Crippen molar-refractivity contribution >= 4 is 17.3 Å². The Hall–Kier alpha value is -1.71. The summed E-state index contributed by atoms with van der Waals surface area (Å²) in [5.74, 6) is 0.139. The topological polar surface area (TPSA) is 44.4 Å². The zero-order valence-electron chi connectivity index (χ0n) is 11.4. The normalized spacial score (nSPS) is 18.4. The minimum Gasteiger partial charge on any atom is -0.382 e. The third-order valence-electron chi connectivity index (χ3n) is 4.23. The van der Waals surface area contributed by atoms with Gasteiger partial charge in [0.1, 0.15) is 0 Å². The Morgan fingerprint density at radius 3 is 2.74 bits per heavy atom. The first-order valence-corrected chi connectivity index (χ1v) is 7.15. The van der Waals surface area contributed by atoms with Gasteiger partial charge in [0.15, 0.2) is 0 Å². The third-order valence-corrected chi connectivity index (χ3v) is 4.23. The predicted octanol–water partition coefficient (Wildman–Crippen LogP) is 2.54. The fraction of sp³-hybridized carbons (Fsp3) is 0.533. The lowest BCUT2D eigenvalue weighted by Crippen LogP contribution is -2.36. The molecular formula is C15H21N3O. The zero-order valence-corrected chi connectivity index (χ0v) is 11.4. The second-order valence-corrected chi connectivity index (χ2v) is 5.44. The number of carbonyl (C=O) groups is 1. The van der Waals surface area contributed by atoms with E-state index < -0.39 is 0 Å². The molecule has 1 fully saturated rings. The van der Waals surface area contributed by atoms with Crippen LogP contribution in [0.3, 0.4) is 0 Å². The SMILES string of the molecule is CN(C(=O)c1cccc2c1NCCN2)C1CCCC1. The van der Waals surface area contributed by atoms with Crippen molar-refractivity contribution in [2.24, 2.45) is 0 Å². The minimum atomic E-state index is 0.139. The number of amides is 1. The summed E-state index contributed by atoms with van der Waals surface area (Å²) in [5, 5.41) is 6.68. The molecule has 2 N–H and O–H groups in total. The first-order valence-electron chi connectivity index (χ1n) is 7.15. The molecule has 0 atom stereocenters. The Balaban J connectivity index is 1.86. The highest BCUT2D eigenvalue weighted by Gasteiger charge is 2.26. The Morgan fingerprint density at radius 2 is 1.95 bits per heavy atom. The number of fused-ring (bicyclic) bond motifs is 1. The molecule has 1 aromatic rings. The number of carbonyl (C=O) groups excluding carboxylic acids is 1. The van der Waals surface area contributed by atoms with Crippen LogP contribution in [0.5, 0.6) is 0 Å². The standard InChI is InChI=1S/C15H21N3O/c1-18(11-5-2-3-6-11)15(19)12-7-4-8-13-14(12)17-10-9-16-13/h4,7-8,11,16-17H,2-3,5-6,9-10H2,1H3. The summed E-state index contributed by atoms with van der Waals surface area (Å²) in [6, 6.07) is 6.31. The van der Waals surface area contributed by atoms with Crippen LogP contribution in [0, 0.1) is 0 Å². The van der Waals surface area contributed by atoms with Crippen molar-refractivity contribution in [2.45, 2.75) is 31.7 Å². The summed E-state index contributed by atoms with van der Waals surface area (Å²) in [6.07, 6.45) is 4.77. The van der Waals surface area contributed by atoms with Crippen molar-refractivity contribution < 1.29 is 4.79 Å². The third kappa shape index (κ3) is 2.27. The van der Waals surface area contributed by atoms with Gasteiger partial charge < -0.3 is 15.5 Å². The molecule has 3 rings (SSSR count). The molecule has 0 radical (unpaired) electrons. The molecule has 0 saturated heterocycles. The zero-order chi connectivity index (χ0) is 13.2. The molecule has 1 amide bonds. The van der Waals surface area contributed by atoms with Crippen LogP contribution >= 0.6 is 0 Å². The maximum Gasteiger partial charge on any atom is 0.256 e. The van der Waals surface area contributed by atoms with Crippen LogP contribution < -0.4 is 10.6 Å². The van der Waals surface area contributed by atoms with Crippen LogP contribution in [-0.2, 0) is 0 Å². The molecule has 4 heteroatoms. The summed E-state index contributed by atoms with van der Waals surface area (Å²) >= 11 is 0. The van der Waals surface area contributed by atoms with Crippen LogP contribution in [0.25, 0.3) is 0 Å².